The Hall–Kier alpha value is -1.83. The molecule has 0 unspecified atom stereocenters. The maximum absolute atomic E-state index is 9.05. The zero-order valence-corrected chi connectivity index (χ0v) is 12.9. The zero-order chi connectivity index (χ0) is 15.8. The summed E-state index contributed by atoms with van der Waals surface area (Å²) in [4.78, 5) is 14.4. The van der Waals surface area contributed by atoms with Gasteiger partial charge in [-0.25, -0.2) is 9.78 Å². The number of benzene rings is 1. The van der Waals surface area contributed by atoms with Crippen molar-refractivity contribution in [3.63, 3.8) is 0 Å². The molecule has 5 N–H and O–H groups in total. The predicted molar refractivity (Wildman–Crippen MR) is 85.1 cm³/mol. The highest BCUT2D eigenvalue weighted by molar-refractivity contribution is 7.16. The standard InChI is InChI=1S/C12H13ClN2OS.CH3NO2/c1-14-12-15-11(10(17-12)6-7-16)8-2-4-9(13)5-3-8;2-1(3)4/h2-5,16H,6-7H2,1H3,(H,14,15);2H2,(H,3,4). The molecule has 2 rings (SSSR count). The number of nitrogens with two attached hydrogens (primary N) is 1. The topological polar surface area (TPSA) is 108 Å². The Morgan fingerprint density at radius 1 is 1.43 bits per heavy atom. The fraction of sp³-hybridized carbons (Fsp3) is 0.231. The molecule has 0 fully saturated rings. The van der Waals surface area contributed by atoms with Crippen molar-refractivity contribution < 1.29 is 15.0 Å². The highest BCUT2D eigenvalue weighted by atomic mass is 35.5. The Bertz CT molecular complexity index is 583. The van der Waals surface area contributed by atoms with Crippen LogP contribution in [0.1, 0.15) is 4.88 Å². The molecule has 1 aromatic heterocycles. The minimum Gasteiger partial charge on any atom is -0.465 e. The molecule has 2 aromatic rings. The second-order valence-electron chi connectivity index (χ2n) is 3.86. The molecule has 114 valence electrons. The van der Waals surface area contributed by atoms with E-state index in [4.69, 9.17) is 26.6 Å². The number of hydrogen-bond acceptors (Lipinski definition) is 5. The van der Waals surface area contributed by atoms with Crippen LogP contribution in [0.25, 0.3) is 11.3 Å². The molecular weight excluding hydrogens is 314 g/mol. The number of hydrogen-bond donors (Lipinski definition) is 4. The van der Waals surface area contributed by atoms with E-state index in [9.17, 15) is 0 Å². The first-order valence-electron chi connectivity index (χ1n) is 6.00. The summed E-state index contributed by atoms with van der Waals surface area (Å²) in [6.07, 6.45) is -0.711. The van der Waals surface area contributed by atoms with Gasteiger partial charge in [0.2, 0.25) is 0 Å². The van der Waals surface area contributed by atoms with Crippen molar-refractivity contribution in [3.8, 4) is 11.3 Å². The Labute approximate surface area is 131 Å². The molecule has 0 atom stereocenters. The molecule has 0 saturated heterocycles. The zero-order valence-electron chi connectivity index (χ0n) is 11.3. The molecule has 1 heterocycles. The lowest BCUT2D eigenvalue weighted by Gasteiger charge is -2.00. The smallest absolute Gasteiger partial charge is 0.402 e. The first-order chi connectivity index (χ1) is 9.97. The minimum absolute atomic E-state index is 0.131. The van der Waals surface area contributed by atoms with E-state index >= 15 is 0 Å². The van der Waals surface area contributed by atoms with Crippen molar-refractivity contribution in [2.75, 3.05) is 19.0 Å². The lowest BCUT2D eigenvalue weighted by Crippen LogP contribution is -2.03. The summed E-state index contributed by atoms with van der Waals surface area (Å²) in [5.41, 5.74) is 5.97. The van der Waals surface area contributed by atoms with Gasteiger partial charge in [0, 0.05) is 35.5 Å². The molecule has 0 bridgehead atoms. The largest absolute Gasteiger partial charge is 0.465 e. The van der Waals surface area contributed by atoms with E-state index in [-0.39, 0.29) is 6.61 Å². The predicted octanol–water partition coefficient (Wildman–Crippen LogP) is 2.66. The normalized spacial score (nSPS) is 9.67. The van der Waals surface area contributed by atoms with Crippen molar-refractivity contribution >= 4 is 34.2 Å². The first kappa shape index (κ1) is 17.2. The summed E-state index contributed by atoms with van der Waals surface area (Å²) < 4.78 is 0. The van der Waals surface area contributed by atoms with Crippen molar-refractivity contribution in [2.45, 2.75) is 6.42 Å². The number of thiazole rings is 1. The number of rotatable bonds is 4. The lowest BCUT2D eigenvalue weighted by molar-refractivity contribution is 0.205. The number of aromatic nitrogens is 1. The summed E-state index contributed by atoms with van der Waals surface area (Å²) in [6.45, 7) is 0.131. The summed E-state index contributed by atoms with van der Waals surface area (Å²) in [5, 5.41) is 20.8. The second kappa shape index (κ2) is 8.46. The van der Waals surface area contributed by atoms with Crippen LogP contribution in [0, 0.1) is 0 Å². The second-order valence-corrected chi connectivity index (χ2v) is 5.38. The van der Waals surface area contributed by atoms with Gasteiger partial charge in [0.25, 0.3) is 0 Å². The highest BCUT2D eigenvalue weighted by Gasteiger charge is 2.11. The number of halogens is 1. The van der Waals surface area contributed by atoms with E-state index in [2.05, 4.69) is 16.0 Å². The van der Waals surface area contributed by atoms with Gasteiger partial charge in [0.1, 0.15) is 0 Å². The number of carbonyl (C=O) groups is 1. The van der Waals surface area contributed by atoms with Crippen LogP contribution in [-0.2, 0) is 6.42 Å². The van der Waals surface area contributed by atoms with Crippen molar-refractivity contribution in [3.05, 3.63) is 34.2 Å². The van der Waals surface area contributed by atoms with E-state index in [1.54, 1.807) is 11.3 Å². The number of nitrogens with zero attached hydrogens (tertiary/aromatic N) is 1. The summed E-state index contributed by atoms with van der Waals surface area (Å²) >= 11 is 7.43. The van der Waals surface area contributed by atoms with Gasteiger partial charge < -0.3 is 21.3 Å². The quantitative estimate of drug-likeness (QED) is 0.689. The number of carboxylic acid groups (broad SMARTS) is 1. The van der Waals surface area contributed by atoms with Gasteiger partial charge in [-0.15, -0.1) is 11.3 Å². The molecular formula is C13H16ClN3O3S. The molecule has 1 aromatic carbocycles. The van der Waals surface area contributed by atoms with E-state index in [1.165, 1.54) is 0 Å². The fourth-order valence-electron chi connectivity index (χ4n) is 1.56. The van der Waals surface area contributed by atoms with Crippen molar-refractivity contribution in [2.24, 2.45) is 5.73 Å². The molecule has 0 radical (unpaired) electrons. The third-order valence-electron chi connectivity index (χ3n) is 2.37. The van der Waals surface area contributed by atoms with Gasteiger partial charge in [-0.05, 0) is 12.1 Å². The van der Waals surface area contributed by atoms with Crippen LogP contribution in [0.15, 0.2) is 24.3 Å². The van der Waals surface area contributed by atoms with Crippen LogP contribution >= 0.6 is 22.9 Å². The SMILES string of the molecule is CNc1nc(-c2ccc(Cl)cc2)c(CCO)s1.NC(=O)O. The maximum atomic E-state index is 9.05. The first-order valence-corrected chi connectivity index (χ1v) is 7.20. The van der Waals surface area contributed by atoms with Crippen molar-refractivity contribution in [1.82, 2.24) is 4.98 Å². The summed E-state index contributed by atoms with van der Waals surface area (Å²) in [7, 11) is 1.84. The Kier molecular flexibility index (Phi) is 6.93. The number of aliphatic hydroxyl groups is 1. The molecule has 21 heavy (non-hydrogen) atoms. The monoisotopic (exact) mass is 329 g/mol. The van der Waals surface area contributed by atoms with E-state index in [0.29, 0.717) is 11.4 Å². The van der Waals surface area contributed by atoms with Gasteiger partial charge in [-0.3, -0.25) is 0 Å². The number of primary amides is 1. The molecule has 8 heteroatoms. The number of anilines is 1. The van der Waals surface area contributed by atoms with Gasteiger partial charge in [-0.1, -0.05) is 23.7 Å². The molecule has 0 aliphatic heterocycles. The molecule has 6 nitrogen and oxygen atoms in total. The van der Waals surface area contributed by atoms with Gasteiger partial charge in [0.15, 0.2) is 5.13 Å². The minimum atomic E-state index is -1.33. The number of nitrogens with one attached hydrogen (secondary N) is 1. The molecule has 0 spiro atoms. The van der Waals surface area contributed by atoms with Crippen molar-refractivity contribution in [1.29, 1.82) is 0 Å². The van der Waals surface area contributed by atoms with Gasteiger partial charge in [-0.2, -0.15) is 0 Å². The number of aliphatic hydroxyl groups excluding tert-OH is 1. The van der Waals surface area contributed by atoms with Crippen LogP contribution < -0.4 is 11.1 Å². The Morgan fingerprint density at radius 2 is 2.00 bits per heavy atom. The van der Waals surface area contributed by atoms with Crippen LogP contribution in [0.3, 0.4) is 0 Å². The fourth-order valence-corrected chi connectivity index (χ4v) is 2.61. The maximum Gasteiger partial charge on any atom is 0.402 e. The Balaban J connectivity index is 0.000000491. The third kappa shape index (κ3) is 5.58. The highest BCUT2D eigenvalue weighted by Crippen LogP contribution is 2.31. The van der Waals surface area contributed by atoms with Gasteiger partial charge in [0.05, 0.1) is 5.69 Å². The molecule has 0 aliphatic carbocycles. The van der Waals surface area contributed by atoms with E-state index in [0.717, 1.165) is 21.3 Å². The average molecular weight is 330 g/mol. The third-order valence-corrected chi connectivity index (χ3v) is 3.75. The average Bonchev–Trinajstić information content (AvgIpc) is 2.83. The molecule has 0 saturated carbocycles. The van der Waals surface area contributed by atoms with E-state index in [1.807, 2.05) is 31.3 Å². The Morgan fingerprint density at radius 3 is 2.48 bits per heavy atom. The van der Waals surface area contributed by atoms with Crippen LogP contribution in [0.4, 0.5) is 9.93 Å². The molecule has 0 aliphatic rings. The summed E-state index contributed by atoms with van der Waals surface area (Å²) in [6, 6.07) is 7.57. The molecule has 1 amide bonds. The van der Waals surface area contributed by atoms with Crippen LogP contribution in [0.2, 0.25) is 5.02 Å². The van der Waals surface area contributed by atoms with Gasteiger partial charge >= 0.3 is 6.09 Å². The lowest BCUT2D eigenvalue weighted by atomic mass is 10.1. The summed E-state index contributed by atoms with van der Waals surface area (Å²) in [5.74, 6) is 0. The van der Waals surface area contributed by atoms with E-state index < -0.39 is 6.09 Å². The number of amides is 1. The van der Waals surface area contributed by atoms with Crippen LogP contribution in [-0.4, -0.2) is 34.9 Å². The van der Waals surface area contributed by atoms with Crippen LogP contribution in [0.5, 0.6) is 0 Å².